The lowest BCUT2D eigenvalue weighted by molar-refractivity contribution is 0.188. The van der Waals surface area contributed by atoms with Gasteiger partial charge in [0.2, 0.25) is 5.95 Å². The molecule has 0 saturated carbocycles. The third kappa shape index (κ3) is 6.74. The number of nitrogen functional groups attached to an aromatic ring is 1. The third-order valence-electron chi connectivity index (χ3n) is 5.92. The number of anilines is 2. The lowest BCUT2D eigenvalue weighted by atomic mass is 10.0. The molecule has 3 N–H and O–H groups in total. The van der Waals surface area contributed by atoms with Crippen LogP contribution in [-0.4, -0.2) is 74.5 Å². The van der Waals surface area contributed by atoms with Gasteiger partial charge in [-0.2, -0.15) is 0 Å². The molecule has 0 spiro atoms. The summed E-state index contributed by atoms with van der Waals surface area (Å²) < 4.78 is 0. The zero-order valence-corrected chi connectivity index (χ0v) is 22.8. The maximum atomic E-state index is 8.88. The zero-order chi connectivity index (χ0) is 26.5. The summed E-state index contributed by atoms with van der Waals surface area (Å²) in [5.74, 6) is 1.75. The summed E-state index contributed by atoms with van der Waals surface area (Å²) >= 11 is 18.4. The number of aliphatic hydroxyl groups is 1. The normalized spacial score (nSPS) is 13.9. The molecule has 0 unspecified atom stereocenters. The second-order valence-electron chi connectivity index (χ2n) is 8.58. The number of aliphatic hydroxyl groups excluding tert-OH is 1. The minimum Gasteiger partial charge on any atom is -0.395 e. The SMILES string of the molecule is Cc1cc(-c2c(Cl)cccc2Cl)cc2nnc(N)nc12.Cc1nc(Cl)cc(N2CCN(CCO)CC2)n1. The van der Waals surface area contributed by atoms with Crippen LogP contribution in [0.3, 0.4) is 0 Å². The van der Waals surface area contributed by atoms with Crippen molar-refractivity contribution in [3.63, 3.8) is 0 Å². The molecule has 0 radical (unpaired) electrons. The van der Waals surface area contributed by atoms with Crippen LogP contribution in [0.5, 0.6) is 0 Å². The van der Waals surface area contributed by atoms with E-state index in [0.29, 0.717) is 26.5 Å². The highest BCUT2D eigenvalue weighted by molar-refractivity contribution is 6.39. The van der Waals surface area contributed by atoms with Crippen molar-refractivity contribution in [2.24, 2.45) is 0 Å². The van der Waals surface area contributed by atoms with Crippen molar-refractivity contribution in [1.82, 2.24) is 30.0 Å². The highest BCUT2D eigenvalue weighted by Gasteiger charge is 2.18. The number of benzene rings is 2. The summed E-state index contributed by atoms with van der Waals surface area (Å²) in [5.41, 5.74) is 9.55. The average molecular weight is 562 g/mol. The van der Waals surface area contributed by atoms with E-state index in [4.69, 9.17) is 45.6 Å². The van der Waals surface area contributed by atoms with Crippen LogP contribution < -0.4 is 10.6 Å². The monoisotopic (exact) mass is 560 g/mol. The van der Waals surface area contributed by atoms with Crippen LogP contribution in [0.25, 0.3) is 22.2 Å². The van der Waals surface area contributed by atoms with E-state index in [9.17, 15) is 0 Å². The number of rotatable bonds is 4. The van der Waals surface area contributed by atoms with Gasteiger partial charge in [-0.1, -0.05) is 40.9 Å². The second-order valence-corrected chi connectivity index (χ2v) is 9.78. The topological polar surface area (TPSA) is 117 Å². The zero-order valence-electron chi connectivity index (χ0n) is 20.5. The number of halogens is 3. The molecule has 0 bridgehead atoms. The Kier molecular flexibility index (Phi) is 8.94. The number of aromatic nitrogens is 5. The highest BCUT2D eigenvalue weighted by atomic mass is 35.5. The van der Waals surface area contributed by atoms with E-state index in [2.05, 4.69) is 34.9 Å². The van der Waals surface area contributed by atoms with E-state index in [0.717, 1.165) is 60.7 Å². The molecular formula is C25H27Cl3N8O. The van der Waals surface area contributed by atoms with Gasteiger partial charge in [0.25, 0.3) is 0 Å². The minimum absolute atomic E-state index is 0.157. The second kappa shape index (κ2) is 12.1. The Balaban J connectivity index is 0.000000176. The number of hydrogen-bond acceptors (Lipinski definition) is 9. The van der Waals surface area contributed by atoms with Crippen molar-refractivity contribution in [1.29, 1.82) is 0 Å². The number of hydrogen-bond donors (Lipinski definition) is 2. The lowest BCUT2D eigenvalue weighted by Crippen LogP contribution is -2.47. The maximum absolute atomic E-state index is 8.88. The van der Waals surface area contributed by atoms with Crippen molar-refractivity contribution in [2.75, 3.05) is 50.0 Å². The van der Waals surface area contributed by atoms with Crippen LogP contribution in [-0.2, 0) is 0 Å². The van der Waals surface area contributed by atoms with E-state index in [1.54, 1.807) is 18.2 Å². The molecule has 1 fully saturated rings. The van der Waals surface area contributed by atoms with Gasteiger partial charge in [0, 0.05) is 54.4 Å². The molecule has 2 aromatic heterocycles. The maximum Gasteiger partial charge on any atom is 0.240 e. The summed E-state index contributed by atoms with van der Waals surface area (Å²) in [6, 6.07) is 11.0. The van der Waals surface area contributed by atoms with Gasteiger partial charge < -0.3 is 15.7 Å². The number of nitrogens with zero attached hydrogens (tertiary/aromatic N) is 7. The number of nitrogens with two attached hydrogens (primary N) is 1. The molecule has 0 amide bonds. The van der Waals surface area contributed by atoms with Crippen molar-refractivity contribution in [2.45, 2.75) is 13.8 Å². The molecular weight excluding hydrogens is 535 g/mol. The molecule has 1 saturated heterocycles. The lowest BCUT2D eigenvalue weighted by Gasteiger charge is -2.35. The average Bonchev–Trinajstić information content (AvgIpc) is 2.85. The summed E-state index contributed by atoms with van der Waals surface area (Å²) in [4.78, 5) is 17.1. The van der Waals surface area contributed by atoms with Gasteiger partial charge in [0.1, 0.15) is 22.3 Å². The van der Waals surface area contributed by atoms with Crippen LogP contribution in [0.2, 0.25) is 15.2 Å². The van der Waals surface area contributed by atoms with Gasteiger partial charge in [0.15, 0.2) is 0 Å². The fourth-order valence-corrected chi connectivity index (χ4v) is 5.00. The van der Waals surface area contributed by atoms with E-state index in [1.165, 1.54) is 0 Å². The summed E-state index contributed by atoms with van der Waals surface area (Å²) in [5, 5.41) is 18.4. The summed E-state index contributed by atoms with van der Waals surface area (Å²) in [6.07, 6.45) is 0. The fraction of sp³-hybridized carbons (Fsp3) is 0.320. The first-order valence-corrected chi connectivity index (χ1v) is 12.8. The van der Waals surface area contributed by atoms with Crippen LogP contribution in [0.4, 0.5) is 11.8 Å². The first-order valence-electron chi connectivity index (χ1n) is 11.7. The Morgan fingerprint density at radius 2 is 1.62 bits per heavy atom. The standard InChI is InChI=1S/C14H10Cl2N4.C11H17ClN4O/c1-7-5-8(12-9(15)3-2-4-10(12)16)6-11-13(7)18-14(17)20-19-11;1-9-13-10(12)8-11(14-9)16-4-2-15(3-5-16)6-7-17/h2-6H,1H3,(H2,17,18,20);8,17H,2-7H2,1H3. The number of aryl methyl sites for hydroxylation is 2. The smallest absolute Gasteiger partial charge is 0.240 e. The summed E-state index contributed by atoms with van der Waals surface area (Å²) in [6.45, 7) is 8.46. The van der Waals surface area contributed by atoms with Gasteiger partial charge in [-0.25, -0.2) is 15.0 Å². The number of piperazine rings is 1. The Morgan fingerprint density at radius 1 is 0.919 bits per heavy atom. The van der Waals surface area contributed by atoms with Gasteiger partial charge in [-0.3, -0.25) is 4.90 Å². The van der Waals surface area contributed by atoms with Crippen LogP contribution >= 0.6 is 34.8 Å². The first kappa shape index (κ1) is 27.2. The molecule has 194 valence electrons. The molecule has 0 atom stereocenters. The van der Waals surface area contributed by atoms with E-state index in [1.807, 2.05) is 32.0 Å². The predicted octanol–water partition coefficient (Wildman–Crippen LogP) is 4.44. The molecule has 37 heavy (non-hydrogen) atoms. The molecule has 3 heterocycles. The molecule has 4 aromatic rings. The molecule has 1 aliphatic heterocycles. The molecule has 12 heteroatoms. The quantitative estimate of drug-likeness (QED) is 0.349. The van der Waals surface area contributed by atoms with Crippen LogP contribution in [0.15, 0.2) is 36.4 Å². The van der Waals surface area contributed by atoms with E-state index < -0.39 is 0 Å². The number of fused-ring (bicyclic) bond motifs is 1. The largest absolute Gasteiger partial charge is 0.395 e. The van der Waals surface area contributed by atoms with Crippen molar-refractivity contribution < 1.29 is 5.11 Å². The molecule has 0 aliphatic carbocycles. The number of β-amino-alcohol motifs (C(OH)–C–C–N with tert-alkyl or cyclic N) is 1. The third-order valence-corrected chi connectivity index (χ3v) is 6.75. The van der Waals surface area contributed by atoms with Gasteiger partial charge >= 0.3 is 0 Å². The Hall–Kier alpha value is -2.82. The van der Waals surface area contributed by atoms with Gasteiger partial charge in [0.05, 0.1) is 12.1 Å². The van der Waals surface area contributed by atoms with Gasteiger partial charge in [-0.15, -0.1) is 10.2 Å². The minimum atomic E-state index is 0.157. The molecule has 2 aromatic carbocycles. The Morgan fingerprint density at radius 3 is 2.27 bits per heavy atom. The molecule has 9 nitrogen and oxygen atoms in total. The van der Waals surface area contributed by atoms with Crippen molar-refractivity contribution in [3.8, 4) is 11.1 Å². The van der Waals surface area contributed by atoms with Crippen LogP contribution in [0.1, 0.15) is 11.4 Å². The Bertz CT molecular complexity index is 1360. The molecule has 5 rings (SSSR count). The molecule has 1 aliphatic rings. The first-order chi connectivity index (χ1) is 17.7. The van der Waals surface area contributed by atoms with Crippen molar-refractivity contribution >= 4 is 57.6 Å². The fourth-order valence-electron chi connectivity index (χ4n) is 4.16. The van der Waals surface area contributed by atoms with Crippen molar-refractivity contribution in [3.05, 3.63) is 63.0 Å². The van der Waals surface area contributed by atoms with Crippen LogP contribution in [0, 0.1) is 13.8 Å². The van der Waals surface area contributed by atoms with E-state index in [-0.39, 0.29) is 12.6 Å². The highest BCUT2D eigenvalue weighted by Crippen LogP contribution is 2.36. The van der Waals surface area contributed by atoms with Gasteiger partial charge in [-0.05, 0) is 49.2 Å². The predicted molar refractivity (Wildman–Crippen MR) is 149 cm³/mol. The van der Waals surface area contributed by atoms with E-state index >= 15 is 0 Å². The Labute approximate surface area is 230 Å². The summed E-state index contributed by atoms with van der Waals surface area (Å²) in [7, 11) is 0.